The summed E-state index contributed by atoms with van der Waals surface area (Å²) in [4.78, 5) is 17.5. The lowest BCUT2D eigenvalue weighted by Crippen LogP contribution is -2.47. The fourth-order valence-electron chi connectivity index (χ4n) is 3.95. The van der Waals surface area contributed by atoms with Crippen LogP contribution in [0, 0.1) is 11.7 Å². The first-order chi connectivity index (χ1) is 15.7. The highest BCUT2D eigenvalue weighted by Crippen LogP contribution is 2.24. The van der Waals surface area contributed by atoms with Crippen LogP contribution in [-0.4, -0.2) is 60.4 Å². The second-order valence-electron chi connectivity index (χ2n) is 7.76. The molecule has 0 saturated carbocycles. The number of rotatable bonds is 5. The SMILES string of the molecule is Cc1ccccc1-n1c(-c2ccncc2)nn(CN2CCN(c3ncccn3)CC2)c1=S. The van der Waals surface area contributed by atoms with Gasteiger partial charge in [-0.1, -0.05) is 18.2 Å². The Hall–Kier alpha value is -3.43. The van der Waals surface area contributed by atoms with Crippen LogP contribution in [0.1, 0.15) is 5.56 Å². The first kappa shape index (κ1) is 20.5. The van der Waals surface area contributed by atoms with Crippen LogP contribution >= 0.6 is 12.2 Å². The Kier molecular flexibility index (Phi) is 5.74. The van der Waals surface area contributed by atoms with E-state index < -0.39 is 0 Å². The summed E-state index contributed by atoms with van der Waals surface area (Å²) in [7, 11) is 0. The van der Waals surface area contributed by atoms with E-state index in [9.17, 15) is 0 Å². The maximum absolute atomic E-state index is 5.91. The van der Waals surface area contributed by atoms with Crippen molar-refractivity contribution in [1.29, 1.82) is 0 Å². The molecule has 5 rings (SSSR count). The number of hydrogen-bond acceptors (Lipinski definition) is 7. The molecule has 0 aliphatic carbocycles. The molecule has 3 aromatic heterocycles. The molecule has 0 spiro atoms. The molecule has 0 atom stereocenters. The van der Waals surface area contributed by atoms with Crippen LogP contribution in [0.25, 0.3) is 17.1 Å². The van der Waals surface area contributed by atoms with E-state index in [1.165, 1.54) is 0 Å². The van der Waals surface area contributed by atoms with Crippen LogP contribution in [0.15, 0.2) is 67.3 Å². The van der Waals surface area contributed by atoms with Crippen LogP contribution in [0.4, 0.5) is 5.95 Å². The van der Waals surface area contributed by atoms with Gasteiger partial charge in [0.2, 0.25) is 10.7 Å². The number of pyridine rings is 1. The molecule has 0 amide bonds. The highest BCUT2D eigenvalue weighted by atomic mass is 32.1. The van der Waals surface area contributed by atoms with Crippen molar-refractivity contribution < 1.29 is 0 Å². The third-order valence-electron chi connectivity index (χ3n) is 5.68. The summed E-state index contributed by atoms with van der Waals surface area (Å²) in [5.41, 5.74) is 3.18. The van der Waals surface area contributed by atoms with Crippen LogP contribution in [-0.2, 0) is 6.67 Å². The Bertz CT molecular complexity index is 1240. The van der Waals surface area contributed by atoms with Gasteiger partial charge in [0.25, 0.3) is 0 Å². The Morgan fingerprint density at radius 1 is 0.875 bits per heavy atom. The highest BCUT2D eigenvalue weighted by Gasteiger charge is 2.21. The Morgan fingerprint density at radius 3 is 2.31 bits per heavy atom. The predicted molar refractivity (Wildman–Crippen MR) is 126 cm³/mol. The summed E-state index contributed by atoms with van der Waals surface area (Å²) in [5.74, 6) is 1.61. The number of aryl methyl sites for hydroxylation is 1. The fourth-order valence-corrected chi connectivity index (χ4v) is 4.24. The number of piperazine rings is 1. The number of benzene rings is 1. The fraction of sp³-hybridized carbons (Fsp3) is 0.261. The average Bonchev–Trinajstić information content (AvgIpc) is 3.17. The number of para-hydroxylation sites is 1. The second kappa shape index (κ2) is 8.97. The molecule has 1 aromatic carbocycles. The van der Waals surface area contributed by atoms with Crippen LogP contribution in [0.5, 0.6) is 0 Å². The zero-order valence-electron chi connectivity index (χ0n) is 17.9. The third kappa shape index (κ3) is 4.04. The van der Waals surface area contributed by atoms with Crippen molar-refractivity contribution in [2.45, 2.75) is 13.6 Å². The first-order valence-corrected chi connectivity index (χ1v) is 11.0. The molecule has 162 valence electrons. The van der Waals surface area contributed by atoms with E-state index in [2.05, 4.69) is 48.4 Å². The highest BCUT2D eigenvalue weighted by molar-refractivity contribution is 7.71. The van der Waals surface area contributed by atoms with E-state index in [0.29, 0.717) is 11.4 Å². The Labute approximate surface area is 191 Å². The zero-order valence-corrected chi connectivity index (χ0v) is 18.7. The average molecular weight is 445 g/mol. The quantitative estimate of drug-likeness (QED) is 0.437. The van der Waals surface area contributed by atoms with Gasteiger partial charge in [0.1, 0.15) is 0 Å². The van der Waals surface area contributed by atoms with Gasteiger partial charge in [-0.15, -0.1) is 5.10 Å². The third-order valence-corrected chi connectivity index (χ3v) is 6.07. The van der Waals surface area contributed by atoms with E-state index in [4.69, 9.17) is 17.3 Å². The molecule has 0 bridgehead atoms. The number of hydrogen-bond donors (Lipinski definition) is 0. The summed E-state index contributed by atoms with van der Waals surface area (Å²) in [6.45, 7) is 6.25. The maximum atomic E-state index is 5.91. The van der Waals surface area contributed by atoms with Crippen LogP contribution in [0.3, 0.4) is 0 Å². The molecular weight excluding hydrogens is 420 g/mol. The van der Waals surface area contributed by atoms with Gasteiger partial charge < -0.3 is 4.90 Å². The number of anilines is 1. The molecule has 0 radical (unpaired) electrons. The summed E-state index contributed by atoms with van der Waals surface area (Å²) >= 11 is 5.91. The minimum Gasteiger partial charge on any atom is -0.338 e. The largest absolute Gasteiger partial charge is 0.338 e. The molecular formula is C23H24N8S. The Balaban J connectivity index is 1.43. The van der Waals surface area contributed by atoms with E-state index in [-0.39, 0.29) is 0 Å². The minimum atomic E-state index is 0.638. The van der Waals surface area contributed by atoms with Gasteiger partial charge >= 0.3 is 0 Å². The van der Waals surface area contributed by atoms with E-state index in [1.807, 2.05) is 35.0 Å². The molecule has 1 saturated heterocycles. The van der Waals surface area contributed by atoms with Crippen molar-refractivity contribution in [3.8, 4) is 17.1 Å². The van der Waals surface area contributed by atoms with Gasteiger partial charge in [0.05, 0.1) is 12.4 Å². The molecule has 0 unspecified atom stereocenters. The molecule has 4 aromatic rings. The van der Waals surface area contributed by atoms with Crippen molar-refractivity contribution in [3.63, 3.8) is 0 Å². The van der Waals surface area contributed by atoms with Gasteiger partial charge in [-0.3, -0.25) is 14.5 Å². The zero-order chi connectivity index (χ0) is 21.9. The maximum Gasteiger partial charge on any atom is 0.225 e. The summed E-state index contributed by atoms with van der Waals surface area (Å²) in [5, 5.41) is 4.94. The summed E-state index contributed by atoms with van der Waals surface area (Å²) < 4.78 is 4.67. The van der Waals surface area contributed by atoms with Gasteiger partial charge in [-0.05, 0) is 49.0 Å². The lowest BCUT2D eigenvalue weighted by Gasteiger charge is -2.34. The smallest absolute Gasteiger partial charge is 0.225 e. The van der Waals surface area contributed by atoms with Gasteiger partial charge in [-0.25, -0.2) is 14.6 Å². The Morgan fingerprint density at radius 2 is 1.59 bits per heavy atom. The predicted octanol–water partition coefficient (Wildman–Crippen LogP) is 3.34. The van der Waals surface area contributed by atoms with Crippen molar-refractivity contribution in [1.82, 2.24) is 34.2 Å². The van der Waals surface area contributed by atoms with E-state index >= 15 is 0 Å². The lowest BCUT2D eigenvalue weighted by molar-refractivity contribution is 0.193. The normalized spacial score (nSPS) is 14.6. The molecule has 1 fully saturated rings. The first-order valence-electron chi connectivity index (χ1n) is 10.6. The number of nitrogens with zero attached hydrogens (tertiary/aromatic N) is 8. The van der Waals surface area contributed by atoms with Crippen LogP contribution in [0.2, 0.25) is 0 Å². The molecule has 1 aliphatic rings. The van der Waals surface area contributed by atoms with Crippen molar-refractivity contribution in [2.24, 2.45) is 0 Å². The molecule has 9 heteroatoms. The van der Waals surface area contributed by atoms with Crippen molar-refractivity contribution in [3.05, 3.63) is 77.6 Å². The van der Waals surface area contributed by atoms with Crippen molar-refractivity contribution in [2.75, 3.05) is 31.1 Å². The molecule has 8 nitrogen and oxygen atoms in total. The standard InChI is InChI=1S/C23H24N8S/c1-18-5-2-3-6-20(18)31-21(19-7-11-24-12-8-19)27-30(23(31)32)17-28-13-15-29(16-14-28)22-25-9-4-10-26-22/h2-12H,13-17H2,1H3. The molecule has 0 N–H and O–H groups in total. The minimum absolute atomic E-state index is 0.638. The topological polar surface area (TPSA) is 67.9 Å². The summed E-state index contributed by atoms with van der Waals surface area (Å²) in [6, 6.07) is 14.0. The van der Waals surface area contributed by atoms with E-state index in [0.717, 1.165) is 54.8 Å². The van der Waals surface area contributed by atoms with Gasteiger partial charge in [0, 0.05) is 56.5 Å². The van der Waals surface area contributed by atoms with Crippen molar-refractivity contribution >= 4 is 18.2 Å². The molecule has 32 heavy (non-hydrogen) atoms. The number of aromatic nitrogens is 6. The monoisotopic (exact) mass is 444 g/mol. The second-order valence-corrected chi connectivity index (χ2v) is 8.12. The molecule has 1 aliphatic heterocycles. The van der Waals surface area contributed by atoms with Gasteiger partial charge in [0.15, 0.2) is 5.82 Å². The lowest BCUT2D eigenvalue weighted by atomic mass is 10.2. The molecule has 4 heterocycles. The van der Waals surface area contributed by atoms with E-state index in [1.54, 1.807) is 24.8 Å². The van der Waals surface area contributed by atoms with Gasteiger partial charge in [-0.2, -0.15) is 0 Å². The summed E-state index contributed by atoms with van der Waals surface area (Å²) in [6.07, 6.45) is 7.13. The van der Waals surface area contributed by atoms with Crippen LogP contribution < -0.4 is 4.90 Å².